The van der Waals surface area contributed by atoms with E-state index in [9.17, 15) is 13.2 Å². The van der Waals surface area contributed by atoms with Gasteiger partial charge in [-0.3, -0.25) is 9.52 Å². The van der Waals surface area contributed by atoms with Gasteiger partial charge in [0.15, 0.2) is 5.13 Å². The zero-order chi connectivity index (χ0) is 22.2. The Morgan fingerprint density at radius 1 is 1.35 bits per heavy atom. The smallest absolute Gasteiger partial charge is 0.318 e. The number of esters is 1. The molecule has 1 fully saturated rings. The lowest BCUT2D eigenvalue weighted by Crippen LogP contribution is -2.43. The second-order valence-electron chi connectivity index (χ2n) is 7.21. The Balaban J connectivity index is 1.65. The molecule has 1 aliphatic rings. The van der Waals surface area contributed by atoms with E-state index in [1.165, 1.54) is 11.3 Å². The molecule has 0 aliphatic carbocycles. The lowest BCUT2D eigenvalue weighted by atomic mass is 9.78. The first-order chi connectivity index (χ1) is 14.8. The van der Waals surface area contributed by atoms with Gasteiger partial charge in [0, 0.05) is 28.3 Å². The van der Waals surface area contributed by atoms with Crippen LogP contribution in [-0.4, -0.2) is 39.2 Å². The van der Waals surface area contributed by atoms with Crippen molar-refractivity contribution in [3.63, 3.8) is 0 Å². The third-order valence-electron chi connectivity index (χ3n) is 5.33. The first kappa shape index (κ1) is 22.5. The molecule has 7 nitrogen and oxygen atoms in total. The van der Waals surface area contributed by atoms with Crippen molar-refractivity contribution in [2.24, 2.45) is 0 Å². The summed E-state index contributed by atoms with van der Waals surface area (Å²) >= 11 is 8.40. The number of benzene rings is 1. The van der Waals surface area contributed by atoms with E-state index in [0.717, 1.165) is 21.4 Å². The van der Waals surface area contributed by atoms with Gasteiger partial charge in [0.2, 0.25) is 0 Å². The number of thiophene rings is 1. The summed E-state index contributed by atoms with van der Waals surface area (Å²) in [5.74, 6) is -0.352. The topological polar surface area (TPSA) is 94.6 Å². The molecule has 0 spiro atoms. The lowest BCUT2D eigenvalue weighted by Gasteiger charge is -2.33. The van der Waals surface area contributed by atoms with Gasteiger partial charge in [-0.15, -0.1) is 22.7 Å². The Morgan fingerprint density at radius 2 is 2.10 bits per heavy atom. The fourth-order valence-electron chi connectivity index (χ4n) is 3.68. The van der Waals surface area contributed by atoms with Gasteiger partial charge in [-0.25, -0.2) is 13.4 Å². The molecule has 1 saturated heterocycles. The van der Waals surface area contributed by atoms with Gasteiger partial charge < -0.3 is 9.47 Å². The van der Waals surface area contributed by atoms with E-state index in [1.54, 1.807) is 31.4 Å². The van der Waals surface area contributed by atoms with Crippen molar-refractivity contribution in [1.82, 2.24) is 4.98 Å². The fourth-order valence-corrected chi connectivity index (χ4v) is 7.66. The first-order valence-electron chi connectivity index (χ1n) is 9.69. The van der Waals surface area contributed by atoms with Crippen molar-refractivity contribution in [1.29, 1.82) is 0 Å². The zero-order valence-corrected chi connectivity index (χ0v) is 20.1. The second-order valence-corrected chi connectivity index (χ2v) is 11.4. The summed E-state index contributed by atoms with van der Waals surface area (Å²) in [6, 6.07) is 5.31. The highest BCUT2D eigenvalue weighted by molar-refractivity contribution is 7.95. The zero-order valence-electron chi connectivity index (χ0n) is 16.9. The minimum Gasteiger partial charge on any atom is -0.465 e. The number of ether oxygens (including phenoxy) is 2. The van der Waals surface area contributed by atoms with Crippen LogP contribution in [0.3, 0.4) is 0 Å². The molecule has 31 heavy (non-hydrogen) atoms. The molecule has 1 aromatic carbocycles. The number of halogens is 1. The molecule has 3 heterocycles. The van der Waals surface area contributed by atoms with Crippen LogP contribution >= 0.6 is 34.3 Å². The van der Waals surface area contributed by atoms with E-state index < -0.39 is 15.4 Å². The summed E-state index contributed by atoms with van der Waals surface area (Å²) in [7, 11) is -3.85. The molecule has 0 radical (unpaired) electrons. The largest absolute Gasteiger partial charge is 0.465 e. The number of aryl methyl sites for hydroxylation is 1. The highest BCUT2D eigenvalue weighted by atomic mass is 35.5. The first-order valence-corrected chi connectivity index (χ1v) is 13.2. The Morgan fingerprint density at radius 3 is 2.81 bits per heavy atom. The van der Waals surface area contributed by atoms with Crippen LogP contribution in [0.2, 0.25) is 5.02 Å². The molecule has 0 amide bonds. The van der Waals surface area contributed by atoms with Crippen molar-refractivity contribution in [2.45, 2.75) is 36.3 Å². The Hall–Kier alpha value is -1.72. The van der Waals surface area contributed by atoms with Gasteiger partial charge >= 0.3 is 5.97 Å². The van der Waals surface area contributed by atoms with Crippen molar-refractivity contribution < 1.29 is 22.7 Å². The molecule has 2 aromatic heterocycles. The standard InChI is InChI=1S/C20H21ClN2O5S3/c1-3-28-18(24)20(6-8-27-9-7-20)16-11-29-19(22-16)23-31(25,26)17-12(2)14-10-13(21)4-5-15(14)30-17/h4-5,10-11H,3,6-9H2,1-2H3,(H,22,23). The molecule has 166 valence electrons. The van der Waals surface area contributed by atoms with Crippen molar-refractivity contribution in [2.75, 3.05) is 24.5 Å². The van der Waals surface area contributed by atoms with Gasteiger partial charge in [-0.2, -0.15) is 0 Å². The average molecular weight is 501 g/mol. The molecule has 3 aromatic rings. The van der Waals surface area contributed by atoms with Crippen LogP contribution in [0.4, 0.5) is 5.13 Å². The molecular weight excluding hydrogens is 480 g/mol. The number of nitrogens with zero attached hydrogens (tertiary/aromatic N) is 1. The summed E-state index contributed by atoms with van der Waals surface area (Å²) in [5, 5.41) is 3.29. The number of hydrogen-bond donors (Lipinski definition) is 1. The summed E-state index contributed by atoms with van der Waals surface area (Å²) in [4.78, 5) is 17.2. The van der Waals surface area contributed by atoms with Gasteiger partial charge in [0.1, 0.15) is 9.62 Å². The van der Waals surface area contributed by atoms with Gasteiger partial charge in [0.05, 0.1) is 12.3 Å². The van der Waals surface area contributed by atoms with E-state index in [-0.39, 0.29) is 21.9 Å². The van der Waals surface area contributed by atoms with Gasteiger partial charge in [-0.05, 0) is 55.8 Å². The summed E-state index contributed by atoms with van der Waals surface area (Å²) < 4.78 is 40.5. The molecule has 1 N–H and O–H groups in total. The molecule has 4 rings (SSSR count). The third-order valence-corrected chi connectivity index (χ3v) is 9.68. The number of aromatic nitrogens is 1. The Bertz CT molecular complexity index is 1230. The molecule has 11 heteroatoms. The van der Waals surface area contributed by atoms with E-state index in [1.807, 2.05) is 6.07 Å². The van der Waals surface area contributed by atoms with E-state index >= 15 is 0 Å². The Kier molecular flexibility index (Phi) is 6.28. The van der Waals surface area contributed by atoms with Crippen LogP contribution in [0.5, 0.6) is 0 Å². The van der Waals surface area contributed by atoms with Crippen LogP contribution in [0.1, 0.15) is 31.0 Å². The molecule has 1 aliphatic heterocycles. The maximum Gasteiger partial charge on any atom is 0.318 e. The van der Waals surface area contributed by atoms with Crippen molar-refractivity contribution in [3.05, 3.63) is 39.9 Å². The van der Waals surface area contributed by atoms with Crippen LogP contribution < -0.4 is 4.72 Å². The number of anilines is 1. The number of sulfonamides is 1. The Labute approximate surface area is 193 Å². The quantitative estimate of drug-likeness (QED) is 0.491. The van der Waals surface area contributed by atoms with Gasteiger partial charge in [-0.1, -0.05) is 11.6 Å². The molecule has 0 bridgehead atoms. The fraction of sp³-hybridized carbons (Fsp3) is 0.400. The molecular formula is C20H21ClN2O5S3. The van der Waals surface area contributed by atoms with E-state index in [0.29, 0.717) is 42.3 Å². The second kappa shape index (κ2) is 8.67. The van der Waals surface area contributed by atoms with Crippen LogP contribution in [0, 0.1) is 6.92 Å². The van der Waals surface area contributed by atoms with Crippen molar-refractivity contribution in [3.8, 4) is 0 Å². The number of hydrogen-bond acceptors (Lipinski definition) is 8. The van der Waals surface area contributed by atoms with E-state index in [4.69, 9.17) is 21.1 Å². The predicted octanol–water partition coefficient (Wildman–Crippen LogP) is 4.73. The van der Waals surface area contributed by atoms with Crippen LogP contribution in [0.25, 0.3) is 10.1 Å². The van der Waals surface area contributed by atoms with Gasteiger partial charge in [0.25, 0.3) is 10.0 Å². The molecule has 0 atom stereocenters. The van der Waals surface area contributed by atoms with Crippen LogP contribution in [0.15, 0.2) is 27.8 Å². The summed E-state index contributed by atoms with van der Waals surface area (Å²) in [6.45, 7) is 4.61. The number of carbonyl (C=O) groups is 1. The predicted molar refractivity (Wildman–Crippen MR) is 123 cm³/mol. The highest BCUT2D eigenvalue weighted by Crippen LogP contribution is 2.39. The SMILES string of the molecule is CCOC(=O)C1(c2csc(NS(=O)(=O)c3sc4ccc(Cl)cc4c3C)n2)CCOCC1. The highest BCUT2D eigenvalue weighted by Gasteiger charge is 2.45. The third kappa shape index (κ3) is 4.19. The normalized spacial score (nSPS) is 16.4. The molecule has 0 saturated carbocycles. The number of thiazole rings is 1. The maximum absolute atomic E-state index is 13.1. The number of carbonyl (C=O) groups excluding carboxylic acids is 1. The number of fused-ring (bicyclic) bond motifs is 1. The maximum atomic E-state index is 13.1. The minimum absolute atomic E-state index is 0.208. The summed E-state index contributed by atoms with van der Waals surface area (Å²) in [6.07, 6.45) is 0.885. The monoisotopic (exact) mass is 500 g/mol. The van der Waals surface area contributed by atoms with Crippen LogP contribution in [-0.2, 0) is 29.7 Å². The van der Waals surface area contributed by atoms with Crippen molar-refractivity contribution >= 4 is 65.5 Å². The molecule has 0 unspecified atom stereocenters. The average Bonchev–Trinajstić information content (AvgIpc) is 3.33. The number of nitrogens with one attached hydrogen (secondary N) is 1. The van der Waals surface area contributed by atoms with E-state index in [2.05, 4.69) is 9.71 Å². The number of rotatable bonds is 6. The lowest BCUT2D eigenvalue weighted by molar-refractivity contribution is -0.154. The minimum atomic E-state index is -3.85. The summed E-state index contributed by atoms with van der Waals surface area (Å²) in [5.41, 5.74) is 0.231.